The van der Waals surface area contributed by atoms with Crippen molar-refractivity contribution in [2.45, 2.75) is 19.4 Å². The minimum atomic E-state index is -0.304. The lowest BCUT2D eigenvalue weighted by Crippen LogP contribution is -2.24. The first-order valence-corrected chi connectivity index (χ1v) is 5.89. The average Bonchev–Trinajstić information content (AvgIpc) is 2.25. The topological polar surface area (TPSA) is 87.0 Å². The van der Waals surface area contributed by atoms with E-state index in [-0.39, 0.29) is 52.3 Å². The molecule has 0 spiro atoms. The van der Waals surface area contributed by atoms with E-state index in [9.17, 15) is 20.1 Å². The summed E-state index contributed by atoms with van der Waals surface area (Å²) in [5.74, 6) is -0.650. The highest BCUT2D eigenvalue weighted by atomic mass is 16.5. The number of phenolic OH excluding ortho intramolecular Hbond substituents is 3. The zero-order valence-corrected chi connectivity index (χ0v) is 10.2. The summed E-state index contributed by atoms with van der Waals surface area (Å²) in [6, 6.07) is 4.05. The van der Waals surface area contributed by atoms with E-state index in [1.165, 1.54) is 12.1 Å². The Kier molecular flexibility index (Phi) is 2.32. The Labute approximate surface area is 108 Å². The molecule has 5 nitrogen and oxygen atoms in total. The van der Waals surface area contributed by atoms with Crippen LogP contribution in [-0.4, -0.2) is 27.2 Å². The number of carbonyl (C=O) groups is 1. The van der Waals surface area contributed by atoms with Gasteiger partial charge >= 0.3 is 0 Å². The number of carbonyl (C=O) groups excluding carboxylic acids is 1. The summed E-state index contributed by atoms with van der Waals surface area (Å²) in [7, 11) is 0. The number of hydrogen-bond acceptors (Lipinski definition) is 5. The number of fused-ring (bicyclic) bond motifs is 2. The van der Waals surface area contributed by atoms with Crippen LogP contribution in [0.25, 0.3) is 10.8 Å². The van der Waals surface area contributed by atoms with Crippen LogP contribution in [0.2, 0.25) is 0 Å². The van der Waals surface area contributed by atoms with Crippen molar-refractivity contribution >= 4 is 16.6 Å². The van der Waals surface area contributed by atoms with Gasteiger partial charge in [0.2, 0.25) is 0 Å². The van der Waals surface area contributed by atoms with E-state index >= 15 is 0 Å². The first-order chi connectivity index (χ1) is 8.97. The molecule has 98 valence electrons. The van der Waals surface area contributed by atoms with Gasteiger partial charge in [-0.2, -0.15) is 0 Å². The minimum Gasteiger partial charge on any atom is -0.508 e. The van der Waals surface area contributed by atoms with Gasteiger partial charge in [0.1, 0.15) is 34.7 Å². The van der Waals surface area contributed by atoms with Gasteiger partial charge in [-0.1, -0.05) is 0 Å². The van der Waals surface area contributed by atoms with Crippen LogP contribution in [-0.2, 0) is 0 Å². The van der Waals surface area contributed by atoms with Gasteiger partial charge in [-0.15, -0.1) is 0 Å². The van der Waals surface area contributed by atoms with Crippen LogP contribution in [0.1, 0.15) is 23.7 Å². The predicted molar refractivity (Wildman–Crippen MR) is 68.0 cm³/mol. The van der Waals surface area contributed by atoms with E-state index in [1.54, 1.807) is 6.92 Å². The third-order valence-corrected chi connectivity index (χ3v) is 3.22. The second-order valence-electron chi connectivity index (χ2n) is 4.72. The first kappa shape index (κ1) is 11.6. The van der Waals surface area contributed by atoms with Crippen molar-refractivity contribution in [3.8, 4) is 23.0 Å². The number of ketones is 1. The van der Waals surface area contributed by atoms with Gasteiger partial charge in [0, 0.05) is 12.5 Å². The van der Waals surface area contributed by atoms with E-state index in [1.807, 2.05) is 0 Å². The summed E-state index contributed by atoms with van der Waals surface area (Å²) < 4.78 is 5.53. The Morgan fingerprint density at radius 2 is 1.95 bits per heavy atom. The molecule has 0 saturated carbocycles. The number of ether oxygens (including phenoxy) is 1. The van der Waals surface area contributed by atoms with Gasteiger partial charge in [-0.05, 0) is 24.4 Å². The zero-order chi connectivity index (χ0) is 13.7. The molecule has 5 heteroatoms. The number of Topliss-reactive ketones (excluding diaryl/α,β-unsaturated/α-hetero) is 1. The molecule has 0 radical (unpaired) electrons. The van der Waals surface area contributed by atoms with Crippen LogP contribution in [0.4, 0.5) is 0 Å². The van der Waals surface area contributed by atoms with Crippen LogP contribution < -0.4 is 4.74 Å². The highest BCUT2D eigenvalue weighted by Crippen LogP contribution is 2.44. The number of rotatable bonds is 0. The number of aromatic hydroxyl groups is 3. The Balaban J connectivity index is 2.40. The lowest BCUT2D eigenvalue weighted by Gasteiger charge is -2.23. The smallest absolute Gasteiger partial charge is 0.174 e. The maximum atomic E-state index is 12.0. The number of hydrogen-bond donors (Lipinski definition) is 3. The third-order valence-electron chi connectivity index (χ3n) is 3.22. The second-order valence-corrected chi connectivity index (χ2v) is 4.72. The number of benzene rings is 2. The molecule has 0 unspecified atom stereocenters. The first-order valence-electron chi connectivity index (χ1n) is 5.89. The molecule has 0 aliphatic carbocycles. The summed E-state index contributed by atoms with van der Waals surface area (Å²) >= 11 is 0. The second kappa shape index (κ2) is 3.78. The van der Waals surface area contributed by atoms with Crippen molar-refractivity contribution in [1.29, 1.82) is 0 Å². The molecule has 3 rings (SSSR count). The van der Waals surface area contributed by atoms with Gasteiger partial charge in [0.25, 0.3) is 0 Å². The molecule has 1 aliphatic rings. The number of phenols is 3. The molecule has 1 atom stereocenters. The summed E-state index contributed by atoms with van der Waals surface area (Å²) in [6.45, 7) is 1.77. The molecule has 0 saturated heterocycles. The largest absolute Gasteiger partial charge is 0.508 e. The summed E-state index contributed by atoms with van der Waals surface area (Å²) in [5, 5.41) is 30.0. The summed E-state index contributed by atoms with van der Waals surface area (Å²) in [6.07, 6.45) is -0.0759. The molecule has 3 N–H and O–H groups in total. The van der Waals surface area contributed by atoms with E-state index in [2.05, 4.69) is 0 Å². The molecule has 0 amide bonds. The monoisotopic (exact) mass is 260 g/mol. The molecule has 1 aliphatic heterocycles. The maximum Gasteiger partial charge on any atom is 0.174 e. The Hall–Kier alpha value is -2.43. The van der Waals surface area contributed by atoms with Gasteiger partial charge in [-0.25, -0.2) is 0 Å². The third kappa shape index (κ3) is 1.66. The van der Waals surface area contributed by atoms with Crippen molar-refractivity contribution in [3.05, 3.63) is 23.8 Å². The molecular weight excluding hydrogens is 248 g/mol. The zero-order valence-electron chi connectivity index (χ0n) is 10.2. The van der Waals surface area contributed by atoms with Crippen molar-refractivity contribution < 1.29 is 24.9 Å². The fourth-order valence-corrected chi connectivity index (χ4v) is 2.44. The van der Waals surface area contributed by atoms with Crippen molar-refractivity contribution in [2.75, 3.05) is 0 Å². The fraction of sp³-hybridized carbons (Fsp3) is 0.214. The molecule has 2 aromatic rings. The van der Waals surface area contributed by atoms with Crippen molar-refractivity contribution in [1.82, 2.24) is 0 Å². The van der Waals surface area contributed by atoms with Crippen LogP contribution in [0.3, 0.4) is 0 Å². The molecule has 19 heavy (non-hydrogen) atoms. The van der Waals surface area contributed by atoms with Crippen molar-refractivity contribution in [3.63, 3.8) is 0 Å². The molecule has 0 aromatic heterocycles. The van der Waals surface area contributed by atoms with Crippen LogP contribution in [0.15, 0.2) is 18.2 Å². The normalized spacial score (nSPS) is 18.2. The highest BCUT2D eigenvalue weighted by molar-refractivity contribution is 6.09. The predicted octanol–water partition coefficient (Wildman–Crippen LogP) is 2.31. The van der Waals surface area contributed by atoms with E-state index in [4.69, 9.17) is 4.74 Å². The molecule has 1 heterocycles. The Morgan fingerprint density at radius 3 is 2.68 bits per heavy atom. The van der Waals surface area contributed by atoms with Gasteiger partial charge < -0.3 is 20.1 Å². The minimum absolute atomic E-state index is 0.0894. The van der Waals surface area contributed by atoms with Crippen LogP contribution >= 0.6 is 0 Å². The van der Waals surface area contributed by atoms with E-state index in [0.717, 1.165) is 6.07 Å². The maximum absolute atomic E-state index is 12.0. The lowest BCUT2D eigenvalue weighted by atomic mass is 9.95. The average molecular weight is 260 g/mol. The van der Waals surface area contributed by atoms with Gasteiger partial charge in [0.15, 0.2) is 5.78 Å². The van der Waals surface area contributed by atoms with Gasteiger partial charge in [0.05, 0.1) is 5.39 Å². The van der Waals surface area contributed by atoms with Gasteiger partial charge in [-0.3, -0.25) is 4.79 Å². The quantitative estimate of drug-likeness (QED) is 0.676. The molecule has 2 aromatic carbocycles. The van der Waals surface area contributed by atoms with E-state index < -0.39 is 0 Å². The van der Waals surface area contributed by atoms with E-state index in [0.29, 0.717) is 5.39 Å². The molecular formula is C14H12O5. The van der Waals surface area contributed by atoms with Crippen LogP contribution in [0, 0.1) is 0 Å². The fourth-order valence-electron chi connectivity index (χ4n) is 2.44. The summed E-state index contributed by atoms with van der Waals surface area (Å²) in [5.41, 5.74) is 0.0894. The molecule has 0 fully saturated rings. The van der Waals surface area contributed by atoms with Crippen molar-refractivity contribution in [2.24, 2.45) is 0 Å². The van der Waals surface area contributed by atoms with Crippen LogP contribution in [0.5, 0.6) is 23.0 Å². The standard InChI is InChI=1S/C14H12O5/c1-6-2-9(16)13-11(19-6)4-7-3-8(15)5-10(17)12(7)14(13)18/h3-6,15,17-18H,2H2,1H3/t6-/m1/s1. The SMILES string of the molecule is C[C@@H]1CC(=O)c2c(cc3cc(O)cc(O)c3c2O)O1. The highest BCUT2D eigenvalue weighted by Gasteiger charge is 2.29. The Morgan fingerprint density at radius 1 is 1.21 bits per heavy atom. The lowest BCUT2D eigenvalue weighted by molar-refractivity contribution is 0.0867. The Bertz CT molecular complexity index is 705. The summed E-state index contributed by atoms with van der Waals surface area (Å²) in [4.78, 5) is 12.0. The molecule has 0 bridgehead atoms.